The Labute approximate surface area is 174 Å². The fourth-order valence-corrected chi connectivity index (χ4v) is 3.79. The summed E-state index contributed by atoms with van der Waals surface area (Å²) in [5.41, 5.74) is 6.35. The van der Waals surface area contributed by atoms with Crippen molar-refractivity contribution in [3.63, 3.8) is 0 Å². The van der Waals surface area contributed by atoms with Crippen LogP contribution in [-0.4, -0.2) is 51.9 Å². The van der Waals surface area contributed by atoms with Crippen LogP contribution in [0.15, 0.2) is 29.2 Å². The minimum atomic E-state index is -3.68. The molecule has 10 heteroatoms. The molecule has 1 aliphatic heterocycles. The smallest absolute Gasteiger partial charge is 0.238 e. The van der Waals surface area contributed by atoms with Crippen molar-refractivity contribution in [2.24, 2.45) is 16.3 Å². The van der Waals surface area contributed by atoms with Gasteiger partial charge in [0.05, 0.1) is 10.3 Å². The Morgan fingerprint density at radius 2 is 1.52 bits per heavy atom. The van der Waals surface area contributed by atoms with E-state index in [1.165, 1.54) is 12.1 Å². The molecule has 156 valence electrons. The van der Waals surface area contributed by atoms with Crippen molar-refractivity contribution >= 4 is 46.4 Å². The summed E-state index contributed by atoms with van der Waals surface area (Å²) in [6.45, 7) is 7.07. The summed E-state index contributed by atoms with van der Waals surface area (Å²) in [5, 5.41) is 5.12. The number of rotatable bonds is 6. The lowest BCUT2D eigenvalue weighted by Crippen LogP contribution is -2.54. The molecule has 1 aliphatic rings. The van der Waals surface area contributed by atoms with Gasteiger partial charge in [0.25, 0.3) is 0 Å². The normalized spacial score (nSPS) is 15.0. The molecule has 1 aromatic carbocycles. The zero-order valence-electron chi connectivity index (χ0n) is 15.8. The molecule has 0 saturated carbocycles. The third-order valence-electron chi connectivity index (χ3n) is 5.30. The Kier molecular flexibility index (Phi) is 10.1. The van der Waals surface area contributed by atoms with Gasteiger partial charge >= 0.3 is 0 Å². The molecule has 7 nitrogen and oxygen atoms in total. The quantitative estimate of drug-likeness (QED) is 0.697. The van der Waals surface area contributed by atoms with Crippen molar-refractivity contribution in [2.45, 2.75) is 31.6 Å². The van der Waals surface area contributed by atoms with Crippen LogP contribution in [0.3, 0.4) is 0 Å². The molecule has 0 atom stereocenters. The van der Waals surface area contributed by atoms with Gasteiger partial charge in [-0.2, -0.15) is 0 Å². The molecular weight excluding hydrogens is 411 g/mol. The number of nitrogens with two attached hydrogens (primary N) is 2. The molecule has 0 aliphatic carbocycles. The van der Waals surface area contributed by atoms with Crippen LogP contribution in [0.5, 0.6) is 0 Å². The van der Waals surface area contributed by atoms with Gasteiger partial charge in [0.2, 0.25) is 15.9 Å². The van der Waals surface area contributed by atoms with Crippen LogP contribution < -0.4 is 15.8 Å². The van der Waals surface area contributed by atoms with Crippen LogP contribution in [0, 0.1) is 5.41 Å². The highest BCUT2D eigenvalue weighted by atomic mass is 35.5. The lowest BCUT2D eigenvalue weighted by molar-refractivity contribution is -0.142. The van der Waals surface area contributed by atoms with E-state index in [0.29, 0.717) is 32.7 Å². The molecule has 0 radical (unpaired) electrons. The number of anilines is 1. The molecule has 2 rings (SSSR count). The van der Waals surface area contributed by atoms with E-state index < -0.39 is 15.4 Å². The Morgan fingerprint density at radius 1 is 1.04 bits per heavy atom. The summed E-state index contributed by atoms with van der Waals surface area (Å²) in [7, 11) is -3.68. The van der Waals surface area contributed by atoms with Crippen molar-refractivity contribution in [2.75, 3.05) is 37.6 Å². The number of sulfonamides is 1. The van der Waals surface area contributed by atoms with E-state index in [0.717, 1.165) is 18.5 Å². The number of carbonyl (C=O) groups excluding carboxylic acids is 1. The van der Waals surface area contributed by atoms with Gasteiger partial charge in [-0.05, 0) is 37.1 Å². The van der Waals surface area contributed by atoms with Gasteiger partial charge in [-0.15, -0.1) is 24.8 Å². The van der Waals surface area contributed by atoms with Gasteiger partial charge in [0.1, 0.15) is 0 Å². The summed E-state index contributed by atoms with van der Waals surface area (Å²) in [5.74, 6) is 0.143. The maximum atomic E-state index is 12.9. The van der Waals surface area contributed by atoms with Gasteiger partial charge in [-0.25, -0.2) is 13.6 Å². The predicted molar refractivity (Wildman–Crippen MR) is 113 cm³/mol. The monoisotopic (exact) mass is 440 g/mol. The van der Waals surface area contributed by atoms with Gasteiger partial charge in [-0.1, -0.05) is 13.8 Å². The molecule has 4 N–H and O–H groups in total. The molecule has 0 unspecified atom stereocenters. The number of piperazine rings is 1. The van der Waals surface area contributed by atoms with E-state index in [4.69, 9.17) is 10.9 Å². The molecule has 1 amide bonds. The molecule has 1 aromatic rings. The first kappa shape index (κ1) is 25.9. The first-order valence-corrected chi connectivity index (χ1v) is 10.2. The van der Waals surface area contributed by atoms with Crippen molar-refractivity contribution in [3.05, 3.63) is 24.3 Å². The average Bonchev–Trinajstić information content (AvgIpc) is 2.63. The zero-order chi connectivity index (χ0) is 18.7. The van der Waals surface area contributed by atoms with E-state index in [-0.39, 0.29) is 35.6 Å². The van der Waals surface area contributed by atoms with Gasteiger partial charge < -0.3 is 15.5 Å². The first-order chi connectivity index (χ1) is 11.8. The lowest BCUT2D eigenvalue weighted by atomic mass is 9.81. The Bertz CT molecular complexity index is 693. The van der Waals surface area contributed by atoms with Gasteiger partial charge in [0, 0.05) is 38.4 Å². The van der Waals surface area contributed by atoms with Crippen molar-refractivity contribution in [1.82, 2.24) is 4.90 Å². The SMILES string of the molecule is CCC(CC)(CN)C(=O)N1CCN(c2ccc(S(N)(=O)=O)cc2)CC1.Cl.Cl. The number of hydrogen-bond donors (Lipinski definition) is 2. The summed E-state index contributed by atoms with van der Waals surface area (Å²) >= 11 is 0. The molecule has 1 saturated heterocycles. The van der Waals surface area contributed by atoms with Crippen LogP contribution in [0.4, 0.5) is 5.69 Å². The van der Waals surface area contributed by atoms with E-state index >= 15 is 0 Å². The number of primary sulfonamides is 1. The van der Waals surface area contributed by atoms with E-state index in [2.05, 4.69) is 4.90 Å². The van der Waals surface area contributed by atoms with E-state index in [1.807, 2.05) is 18.7 Å². The van der Waals surface area contributed by atoms with Crippen LogP contribution in [0.25, 0.3) is 0 Å². The number of amides is 1. The largest absolute Gasteiger partial charge is 0.368 e. The van der Waals surface area contributed by atoms with Crippen LogP contribution in [0.2, 0.25) is 0 Å². The van der Waals surface area contributed by atoms with Crippen molar-refractivity contribution < 1.29 is 13.2 Å². The average molecular weight is 441 g/mol. The maximum absolute atomic E-state index is 12.9. The minimum absolute atomic E-state index is 0. The number of benzene rings is 1. The summed E-state index contributed by atoms with van der Waals surface area (Å²) in [4.78, 5) is 17.0. The van der Waals surface area contributed by atoms with Crippen molar-refractivity contribution in [1.29, 1.82) is 0 Å². The van der Waals surface area contributed by atoms with Crippen LogP contribution in [-0.2, 0) is 14.8 Å². The standard InChI is InChI=1S/C17H28N4O3S.2ClH/c1-3-17(4-2,13-18)16(22)21-11-9-20(10-12-21)14-5-7-15(8-6-14)25(19,23)24;;/h5-8H,3-4,9-13,18H2,1-2H3,(H2,19,23,24);2*1H. The second-order valence-corrected chi connectivity index (χ2v) is 8.07. The third-order valence-corrected chi connectivity index (χ3v) is 6.22. The molecule has 0 aromatic heterocycles. The number of nitrogens with zero attached hydrogens (tertiary/aromatic N) is 2. The van der Waals surface area contributed by atoms with Gasteiger partial charge in [-0.3, -0.25) is 4.79 Å². The predicted octanol–water partition coefficient (Wildman–Crippen LogP) is 1.59. The van der Waals surface area contributed by atoms with E-state index in [9.17, 15) is 13.2 Å². The summed E-state index contributed by atoms with van der Waals surface area (Å²) < 4.78 is 22.7. The fraction of sp³-hybridized carbons (Fsp3) is 0.588. The Balaban J connectivity index is 0.00000338. The Morgan fingerprint density at radius 3 is 1.89 bits per heavy atom. The number of hydrogen-bond acceptors (Lipinski definition) is 5. The number of carbonyl (C=O) groups is 1. The fourth-order valence-electron chi connectivity index (χ4n) is 3.28. The van der Waals surface area contributed by atoms with E-state index in [1.54, 1.807) is 12.1 Å². The topological polar surface area (TPSA) is 110 Å². The first-order valence-electron chi connectivity index (χ1n) is 8.64. The Hall–Kier alpha value is -1.06. The molecule has 1 heterocycles. The molecule has 0 spiro atoms. The molecule has 27 heavy (non-hydrogen) atoms. The molecular formula is C17H30Cl2N4O3S. The highest BCUT2D eigenvalue weighted by molar-refractivity contribution is 7.89. The highest BCUT2D eigenvalue weighted by Crippen LogP contribution is 2.29. The second kappa shape index (κ2) is 10.5. The lowest BCUT2D eigenvalue weighted by Gasteiger charge is -2.41. The van der Waals surface area contributed by atoms with Crippen LogP contribution in [0.1, 0.15) is 26.7 Å². The summed E-state index contributed by atoms with van der Waals surface area (Å²) in [6, 6.07) is 6.52. The highest BCUT2D eigenvalue weighted by Gasteiger charge is 2.37. The number of halogens is 2. The van der Waals surface area contributed by atoms with Gasteiger partial charge in [0.15, 0.2) is 0 Å². The maximum Gasteiger partial charge on any atom is 0.238 e. The minimum Gasteiger partial charge on any atom is -0.368 e. The summed E-state index contributed by atoms with van der Waals surface area (Å²) in [6.07, 6.45) is 1.49. The van der Waals surface area contributed by atoms with Crippen molar-refractivity contribution in [3.8, 4) is 0 Å². The molecule has 1 fully saturated rings. The molecule has 0 bridgehead atoms. The van der Waals surface area contributed by atoms with Crippen LogP contribution >= 0.6 is 24.8 Å². The second-order valence-electron chi connectivity index (χ2n) is 6.51. The third kappa shape index (κ3) is 5.71. The zero-order valence-corrected chi connectivity index (χ0v) is 18.2.